The highest BCUT2D eigenvalue weighted by molar-refractivity contribution is 5.77. The molecule has 5 heteroatoms. The summed E-state index contributed by atoms with van der Waals surface area (Å²) in [6, 6.07) is 0. The number of hydrogen-bond acceptors (Lipinski definition) is 3. The second-order valence-corrected chi connectivity index (χ2v) is 4.44. The number of carboxylic acids is 1. The van der Waals surface area contributed by atoms with E-state index in [0.717, 1.165) is 19.5 Å². The number of carboxylic acid groups (broad SMARTS) is 1. The summed E-state index contributed by atoms with van der Waals surface area (Å²) in [7, 11) is 1.84. The molecule has 1 aromatic heterocycles. The van der Waals surface area contributed by atoms with Crippen molar-refractivity contribution >= 4 is 5.97 Å². The molecule has 0 spiro atoms. The van der Waals surface area contributed by atoms with E-state index >= 15 is 0 Å². The van der Waals surface area contributed by atoms with Gasteiger partial charge in [-0.15, -0.1) is 0 Å². The third-order valence-electron chi connectivity index (χ3n) is 2.95. The van der Waals surface area contributed by atoms with Crippen molar-refractivity contribution in [2.75, 3.05) is 13.6 Å². The molecule has 0 saturated carbocycles. The van der Waals surface area contributed by atoms with E-state index in [2.05, 4.69) is 4.98 Å². The lowest BCUT2D eigenvalue weighted by Gasteiger charge is -2.31. The fraction of sp³-hybridized carbons (Fsp3) is 0.636. The molecule has 0 fully saturated rings. The van der Waals surface area contributed by atoms with Crippen molar-refractivity contribution in [1.29, 1.82) is 0 Å². The topological polar surface area (TPSA) is 58.4 Å². The fourth-order valence-corrected chi connectivity index (χ4v) is 1.35. The molecule has 0 aliphatic rings. The first kappa shape index (κ1) is 12.7. The van der Waals surface area contributed by atoms with Gasteiger partial charge < -0.3 is 9.67 Å². The van der Waals surface area contributed by atoms with Gasteiger partial charge in [-0.3, -0.25) is 9.69 Å². The third-order valence-corrected chi connectivity index (χ3v) is 2.95. The van der Waals surface area contributed by atoms with Gasteiger partial charge in [-0.1, -0.05) is 0 Å². The lowest BCUT2D eigenvalue weighted by Crippen LogP contribution is -2.48. The van der Waals surface area contributed by atoms with Crippen LogP contribution in [-0.2, 0) is 11.3 Å². The molecule has 0 amide bonds. The molecule has 0 unspecified atom stereocenters. The smallest absolute Gasteiger partial charge is 0.323 e. The Bertz CT molecular complexity index is 333. The van der Waals surface area contributed by atoms with Crippen molar-refractivity contribution < 1.29 is 9.90 Å². The van der Waals surface area contributed by atoms with Crippen LogP contribution < -0.4 is 0 Å². The van der Waals surface area contributed by atoms with Gasteiger partial charge >= 0.3 is 5.97 Å². The van der Waals surface area contributed by atoms with E-state index < -0.39 is 11.5 Å². The maximum absolute atomic E-state index is 11.0. The summed E-state index contributed by atoms with van der Waals surface area (Å²) in [4.78, 5) is 16.8. The highest BCUT2D eigenvalue weighted by Gasteiger charge is 2.31. The summed E-state index contributed by atoms with van der Waals surface area (Å²) in [5, 5.41) is 9.04. The van der Waals surface area contributed by atoms with Gasteiger partial charge in [0, 0.05) is 25.5 Å². The molecule has 1 aromatic rings. The fourth-order valence-electron chi connectivity index (χ4n) is 1.35. The van der Waals surface area contributed by atoms with Gasteiger partial charge in [0.05, 0.1) is 6.33 Å². The molecule has 0 bridgehead atoms. The van der Waals surface area contributed by atoms with Crippen LogP contribution in [0.2, 0.25) is 0 Å². The first-order valence-electron chi connectivity index (χ1n) is 5.35. The number of aromatic nitrogens is 2. The first-order chi connectivity index (χ1) is 7.44. The quantitative estimate of drug-likeness (QED) is 0.786. The number of likely N-dealkylation sites (N-methyl/N-ethyl adjacent to an activating group) is 1. The predicted molar refractivity (Wildman–Crippen MR) is 61.2 cm³/mol. The number of carbonyl (C=O) groups is 1. The molecule has 1 heterocycles. The van der Waals surface area contributed by atoms with Crippen molar-refractivity contribution in [1.82, 2.24) is 14.5 Å². The molecule has 1 N–H and O–H groups in total. The number of aliphatic carboxylic acids is 1. The molecule has 0 atom stereocenters. The number of nitrogens with zero attached hydrogens (tertiary/aromatic N) is 3. The molecule has 0 aliphatic heterocycles. The Kier molecular flexibility index (Phi) is 4.06. The van der Waals surface area contributed by atoms with Crippen LogP contribution in [0.15, 0.2) is 18.7 Å². The van der Waals surface area contributed by atoms with Crippen LogP contribution in [0.3, 0.4) is 0 Å². The summed E-state index contributed by atoms with van der Waals surface area (Å²) in [6.07, 6.45) is 6.32. The van der Waals surface area contributed by atoms with E-state index in [1.54, 1.807) is 26.4 Å². The Morgan fingerprint density at radius 2 is 2.25 bits per heavy atom. The van der Waals surface area contributed by atoms with Crippen LogP contribution in [0.25, 0.3) is 0 Å². The Balaban J connectivity index is 2.35. The Morgan fingerprint density at radius 3 is 2.75 bits per heavy atom. The standard InChI is InChI=1S/C11H19N3O2/c1-11(2,10(15)16)13(3)6-4-7-14-8-5-12-9-14/h5,8-9H,4,6-7H2,1-3H3,(H,15,16). The summed E-state index contributed by atoms with van der Waals surface area (Å²) in [5.41, 5.74) is -0.811. The molecule has 5 nitrogen and oxygen atoms in total. The van der Waals surface area contributed by atoms with Gasteiger partial charge in [-0.2, -0.15) is 0 Å². The maximum atomic E-state index is 11.0. The maximum Gasteiger partial charge on any atom is 0.323 e. The van der Waals surface area contributed by atoms with Gasteiger partial charge in [-0.05, 0) is 27.3 Å². The van der Waals surface area contributed by atoms with E-state index in [1.165, 1.54) is 0 Å². The van der Waals surface area contributed by atoms with Gasteiger partial charge in [0.2, 0.25) is 0 Å². The van der Waals surface area contributed by atoms with Crippen LogP contribution in [-0.4, -0.2) is 44.7 Å². The van der Waals surface area contributed by atoms with Crippen LogP contribution in [0.1, 0.15) is 20.3 Å². The average molecular weight is 225 g/mol. The van der Waals surface area contributed by atoms with Crippen molar-refractivity contribution in [2.45, 2.75) is 32.4 Å². The minimum absolute atomic E-state index is 0.748. The van der Waals surface area contributed by atoms with Gasteiger partial charge in [-0.25, -0.2) is 4.98 Å². The van der Waals surface area contributed by atoms with Crippen LogP contribution in [0.5, 0.6) is 0 Å². The molecule has 0 saturated heterocycles. The van der Waals surface area contributed by atoms with Crippen LogP contribution in [0.4, 0.5) is 0 Å². The monoisotopic (exact) mass is 225 g/mol. The van der Waals surface area contributed by atoms with Gasteiger partial charge in [0.25, 0.3) is 0 Å². The molecule has 0 aliphatic carbocycles. The van der Waals surface area contributed by atoms with E-state index in [0.29, 0.717) is 0 Å². The summed E-state index contributed by atoms with van der Waals surface area (Å²) < 4.78 is 1.99. The highest BCUT2D eigenvalue weighted by atomic mass is 16.4. The number of rotatable bonds is 6. The Hall–Kier alpha value is -1.36. The number of aryl methyl sites for hydroxylation is 1. The van der Waals surface area contributed by atoms with Crippen molar-refractivity contribution in [3.63, 3.8) is 0 Å². The zero-order valence-electron chi connectivity index (χ0n) is 10.1. The Morgan fingerprint density at radius 1 is 1.56 bits per heavy atom. The van der Waals surface area contributed by atoms with E-state index in [-0.39, 0.29) is 0 Å². The van der Waals surface area contributed by atoms with Crippen molar-refractivity contribution in [2.24, 2.45) is 0 Å². The van der Waals surface area contributed by atoms with Crippen molar-refractivity contribution in [3.8, 4) is 0 Å². The van der Waals surface area contributed by atoms with E-state index in [1.807, 2.05) is 22.7 Å². The summed E-state index contributed by atoms with van der Waals surface area (Å²) in [5.74, 6) is -0.794. The second kappa shape index (κ2) is 5.12. The average Bonchev–Trinajstić information content (AvgIpc) is 2.70. The molecule has 16 heavy (non-hydrogen) atoms. The number of imidazole rings is 1. The van der Waals surface area contributed by atoms with E-state index in [9.17, 15) is 4.79 Å². The van der Waals surface area contributed by atoms with Crippen LogP contribution >= 0.6 is 0 Å². The number of hydrogen-bond donors (Lipinski definition) is 1. The predicted octanol–water partition coefficient (Wildman–Crippen LogP) is 1.07. The molecule has 1 rings (SSSR count). The van der Waals surface area contributed by atoms with Gasteiger partial charge in [0.1, 0.15) is 5.54 Å². The van der Waals surface area contributed by atoms with E-state index in [4.69, 9.17) is 5.11 Å². The molecular formula is C11H19N3O2. The molecule has 0 aromatic carbocycles. The van der Waals surface area contributed by atoms with Crippen molar-refractivity contribution in [3.05, 3.63) is 18.7 Å². The SMILES string of the molecule is CN(CCCn1ccnc1)C(C)(C)C(=O)O. The Labute approximate surface area is 95.7 Å². The normalized spacial score (nSPS) is 12.0. The molecule has 90 valence electrons. The first-order valence-corrected chi connectivity index (χ1v) is 5.35. The minimum atomic E-state index is -0.811. The summed E-state index contributed by atoms with van der Waals surface area (Å²) in [6.45, 7) is 5.04. The minimum Gasteiger partial charge on any atom is -0.480 e. The highest BCUT2D eigenvalue weighted by Crippen LogP contribution is 2.12. The lowest BCUT2D eigenvalue weighted by molar-refractivity contribution is -0.148. The van der Waals surface area contributed by atoms with Crippen LogP contribution in [0, 0.1) is 0 Å². The third kappa shape index (κ3) is 3.06. The second-order valence-electron chi connectivity index (χ2n) is 4.44. The zero-order chi connectivity index (χ0) is 12.2. The zero-order valence-corrected chi connectivity index (χ0v) is 10.1. The van der Waals surface area contributed by atoms with Gasteiger partial charge in [0.15, 0.2) is 0 Å². The lowest BCUT2D eigenvalue weighted by atomic mass is 10.0. The molecule has 0 radical (unpaired) electrons. The summed E-state index contributed by atoms with van der Waals surface area (Å²) >= 11 is 0. The largest absolute Gasteiger partial charge is 0.480 e. The molecular weight excluding hydrogens is 206 g/mol.